The summed E-state index contributed by atoms with van der Waals surface area (Å²) in [4.78, 5) is 4.75. The summed E-state index contributed by atoms with van der Waals surface area (Å²) in [7, 11) is 0. The minimum absolute atomic E-state index is 0. The minimum atomic E-state index is -0.0984. The number of rotatable bonds is 1. The van der Waals surface area contributed by atoms with Crippen LogP contribution in [0.4, 0.5) is 0 Å². The van der Waals surface area contributed by atoms with Crippen LogP contribution in [0.25, 0.3) is 33.2 Å². The van der Waals surface area contributed by atoms with Crippen molar-refractivity contribution in [3.63, 3.8) is 0 Å². The molecule has 1 aliphatic rings. The number of fused-ring (bicyclic) bond motifs is 5. The predicted molar refractivity (Wildman–Crippen MR) is 104 cm³/mol. The molecular weight excluding hydrogens is 494 g/mol. The van der Waals surface area contributed by atoms with Crippen molar-refractivity contribution in [1.82, 2.24) is 4.98 Å². The molecule has 129 valence electrons. The first-order valence-electron chi connectivity index (χ1n) is 8.67. The van der Waals surface area contributed by atoms with E-state index < -0.39 is 0 Å². The number of aromatic nitrogens is 1. The number of pyridine rings is 1. The van der Waals surface area contributed by atoms with E-state index in [2.05, 4.69) is 74.5 Å². The molecule has 1 radical (unpaired) electrons. The molecule has 5 rings (SSSR count). The molecule has 0 fully saturated rings. The van der Waals surface area contributed by atoms with Crippen molar-refractivity contribution in [3.8, 4) is 22.4 Å². The Morgan fingerprint density at radius 1 is 0.808 bits per heavy atom. The van der Waals surface area contributed by atoms with Crippen LogP contribution in [0.5, 0.6) is 0 Å². The van der Waals surface area contributed by atoms with E-state index in [-0.39, 0.29) is 25.5 Å². The summed E-state index contributed by atoms with van der Waals surface area (Å²) in [5.41, 5.74) is 7.35. The van der Waals surface area contributed by atoms with Crippen molar-refractivity contribution < 1.29 is 20.1 Å². The molecular formula is C24H18IrN-. The van der Waals surface area contributed by atoms with Crippen LogP contribution in [0, 0.1) is 6.07 Å². The molecule has 1 aliphatic carbocycles. The summed E-state index contributed by atoms with van der Waals surface area (Å²) < 4.78 is 0. The zero-order chi connectivity index (χ0) is 17.0. The van der Waals surface area contributed by atoms with Crippen molar-refractivity contribution in [2.45, 2.75) is 19.3 Å². The van der Waals surface area contributed by atoms with Crippen LogP contribution < -0.4 is 0 Å². The van der Waals surface area contributed by atoms with E-state index in [4.69, 9.17) is 4.98 Å². The van der Waals surface area contributed by atoms with Gasteiger partial charge < -0.3 is 4.98 Å². The Balaban J connectivity index is 0.00000168. The molecule has 26 heavy (non-hydrogen) atoms. The van der Waals surface area contributed by atoms with Crippen molar-refractivity contribution in [2.24, 2.45) is 0 Å². The molecule has 0 spiro atoms. The van der Waals surface area contributed by atoms with Gasteiger partial charge in [0.1, 0.15) is 0 Å². The first-order chi connectivity index (χ1) is 12.2. The number of hydrogen-bond acceptors (Lipinski definition) is 1. The van der Waals surface area contributed by atoms with Gasteiger partial charge in [-0.2, -0.15) is 0 Å². The minimum Gasteiger partial charge on any atom is -0.304 e. The average molecular weight is 513 g/mol. The third kappa shape index (κ3) is 2.30. The summed E-state index contributed by atoms with van der Waals surface area (Å²) in [5.74, 6) is 0. The summed E-state index contributed by atoms with van der Waals surface area (Å²) in [6, 6.07) is 26.8. The fourth-order valence-corrected chi connectivity index (χ4v) is 4.36. The zero-order valence-corrected chi connectivity index (χ0v) is 17.1. The zero-order valence-electron chi connectivity index (χ0n) is 14.7. The van der Waals surface area contributed by atoms with E-state index in [1.165, 1.54) is 33.0 Å². The van der Waals surface area contributed by atoms with Crippen LogP contribution in [-0.2, 0) is 25.5 Å². The van der Waals surface area contributed by atoms with Crippen molar-refractivity contribution >= 4 is 10.8 Å². The summed E-state index contributed by atoms with van der Waals surface area (Å²) in [5, 5.41) is 2.63. The standard InChI is InChI=1S/C24H18N.Ir/c1-24(2)21-18-11-7-6-8-16(18)12-13-19(21)20-14-15-25-23(22(20)24)17-9-4-3-5-10-17;/h3-9,11-15H,1-2H3;/q-1;. The van der Waals surface area contributed by atoms with Crippen molar-refractivity contribution in [3.05, 3.63) is 90.1 Å². The average Bonchev–Trinajstić information content (AvgIpc) is 2.90. The second kappa shape index (κ2) is 6.16. The summed E-state index contributed by atoms with van der Waals surface area (Å²) in [6.45, 7) is 4.64. The largest absolute Gasteiger partial charge is 0.304 e. The molecule has 1 heterocycles. The molecule has 0 atom stereocenters. The van der Waals surface area contributed by atoms with Gasteiger partial charge in [0.2, 0.25) is 0 Å². The van der Waals surface area contributed by atoms with Gasteiger partial charge in [0.25, 0.3) is 0 Å². The second-order valence-corrected chi connectivity index (χ2v) is 7.19. The van der Waals surface area contributed by atoms with Crippen LogP contribution >= 0.6 is 0 Å². The Bertz CT molecular complexity index is 1110. The summed E-state index contributed by atoms with van der Waals surface area (Å²) in [6.07, 6.45) is 1.93. The maximum Gasteiger partial charge on any atom is 0.0167 e. The van der Waals surface area contributed by atoms with Gasteiger partial charge in [-0.1, -0.05) is 50.2 Å². The first kappa shape index (κ1) is 17.1. The van der Waals surface area contributed by atoms with E-state index in [1.54, 1.807) is 0 Å². The number of hydrogen-bond donors (Lipinski definition) is 0. The first-order valence-corrected chi connectivity index (χ1v) is 8.67. The monoisotopic (exact) mass is 513 g/mol. The third-order valence-corrected chi connectivity index (χ3v) is 5.38. The molecule has 3 aromatic carbocycles. The normalized spacial score (nSPS) is 13.8. The molecule has 2 heteroatoms. The van der Waals surface area contributed by atoms with Crippen LogP contribution in [0.15, 0.2) is 72.9 Å². The molecule has 0 unspecified atom stereocenters. The Morgan fingerprint density at radius 3 is 2.38 bits per heavy atom. The maximum absolute atomic E-state index is 4.75. The predicted octanol–water partition coefficient (Wildman–Crippen LogP) is 6.01. The van der Waals surface area contributed by atoms with Gasteiger partial charge >= 0.3 is 0 Å². The van der Waals surface area contributed by atoms with Crippen LogP contribution in [-0.4, -0.2) is 4.98 Å². The van der Waals surface area contributed by atoms with Gasteiger partial charge in [-0.25, -0.2) is 0 Å². The van der Waals surface area contributed by atoms with E-state index >= 15 is 0 Å². The quantitative estimate of drug-likeness (QED) is 0.285. The van der Waals surface area contributed by atoms with Gasteiger partial charge in [-0.3, -0.25) is 0 Å². The summed E-state index contributed by atoms with van der Waals surface area (Å²) >= 11 is 0. The molecule has 1 nitrogen and oxygen atoms in total. The number of benzene rings is 3. The molecule has 4 aromatic rings. The van der Waals surface area contributed by atoms with Crippen LogP contribution in [0.1, 0.15) is 25.0 Å². The Labute approximate surface area is 167 Å². The molecule has 0 aliphatic heterocycles. The van der Waals surface area contributed by atoms with Crippen molar-refractivity contribution in [1.29, 1.82) is 0 Å². The molecule has 1 aromatic heterocycles. The topological polar surface area (TPSA) is 12.9 Å². The van der Waals surface area contributed by atoms with E-state index in [0.717, 1.165) is 11.3 Å². The van der Waals surface area contributed by atoms with Gasteiger partial charge in [0, 0.05) is 31.7 Å². The molecule has 0 saturated heterocycles. The maximum atomic E-state index is 4.75. The fourth-order valence-electron chi connectivity index (χ4n) is 4.36. The van der Waals surface area contributed by atoms with Crippen LogP contribution in [0.2, 0.25) is 0 Å². The van der Waals surface area contributed by atoms with E-state index in [1.807, 2.05) is 18.3 Å². The molecule has 0 N–H and O–H groups in total. The van der Waals surface area contributed by atoms with Crippen molar-refractivity contribution in [2.75, 3.05) is 0 Å². The van der Waals surface area contributed by atoms with Gasteiger partial charge in [-0.15, -0.1) is 35.9 Å². The van der Waals surface area contributed by atoms with E-state index in [0.29, 0.717) is 0 Å². The smallest absolute Gasteiger partial charge is 0.0167 e. The van der Waals surface area contributed by atoms with Gasteiger partial charge in [0.15, 0.2) is 0 Å². The molecule has 0 saturated carbocycles. The second-order valence-electron chi connectivity index (χ2n) is 7.19. The fraction of sp³-hybridized carbons (Fsp3) is 0.125. The molecule has 0 amide bonds. The van der Waals surface area contributed by atoms with E-state index in [9.17, 15) is 0 Å². The number of nitrogens with zero attached hydrogens (tertiary/aromatic N) is 1. The third-order valence-electron chi connectivity index (χ3n) is 5.38. The Morgan fingerprint density at radius 2 is 1.58 bits per heavy atom. The van der Waals surface area contributed by atoms with Gasteiger partial charge in [-0.05, 0) is 44.8 Å². The Kier molecular flexibility index (Phi) is 4.06. The SMILES string of the molecule is CC1(C)c2c(ccnc2-c2[c-]cccc2)-c2ccc3ccccc3c21.[Ir]. The van der Waals surface area contributed by atoms with Crippen LogP contribution in [0.3, 0.4) is 0 Å². The van der Waals surface area contributed by atoms with Gasteiger partial charge in [0.05, 0.1) is 0 Å². The Hall–Kier alpha value is -2.28. The molecule has 0 bridgehead atoms.